The van der Waals surface area contributed by atoms with Crippen molar-refractivity contribution in [3.63, 3.8) is 0 Å². The lowest BCUT2D eigenvalue weighted by atomic mass is 10.0. The number of halogens is 1. The van der Waals surface area contributed by atoms with Gasteiger partial charge in [-0.15, -0.1) is 12.4 Å². The van der Waals surface area contributed by atoms with Crippen molar-refractivity contribution >= 4 is 12.4 Å². The van der Waals surface area contributed by atoms with E-state index in [4.69, 9.17) is 4.74 Å². The maximum atomic E-state index is 6.52. The molecule has 2 aliphatic heterocycles. The maximum absolute atomic E-state index is 6.52. The predicted octanol–water partition coefficient (Wildman–Crippen LogP) is 6.39. The van der Waals surface area contributed by atoms with E-state index >= 15 is 0 Å². The Labute approximate surface area is 217 Å². The minimum atomic E-state index is 0. The fourth-order valence-electron chi connectivity index (χ4n) is 5.86. The van der Waals surface area contributed by atoms with Crippen molar-refractivity contribution < 1.29 is 4.74 Å². The first kappa shape index (κ1) is 25.9. The number of aryl methyl sites for hydroxylation is 1. The van der Waals surface area contributed by atoms with Gasteiger partial charge in [-0.1, -0.05) is 91.0 Å². The van der Waals surface area contributed by atoms with Crippen LogP contribution in [0.5, 0.6) is 0 Å². The number of nitrogens with zero attached hydrogens (tertiary/aromatic N) is 2. The van der Waals surface area contributed by atoms with E-state index < -0.39 is 0 Å². The Morgan fingerprint density at radius 1 is 0.714 bits per heavy atom. The smallest absolute Gasteiger partial charge is 0.108 e. The second-order valence-corrected chi connectivity index (χ2v) is 9.87. The predicted molar refractivity (Wildman–Crippen MR) is 147 cm³/mol. The van der Waals surface area contributed by atoms with E-state index in [9.17, 15) is 0 Å². The van der Waals surface area contributed by atoms with Gasteiger partial charge in [0.15, 0.2) is 0 Å². The highest BCUT2D eigenvalue weighted by atomic mass is 35.5. The van der Waals surface area contributed by atoms with Crippen LogP contribution in [-0.4, -0.2) is 54.7 Å². The van der Waals surface area contributed by atoms with Crippen molar-refractivity contribution in [2.45, 2.75) is 50.3 Å². The van der Waals surface area contributed by atoms with Crippen molar-refractivity contribution in [3.05, 3.63) is 108 Å². The van der Waals surface area contributed by atoms with E-state index in [0.717, 1.165) is 19.2 Å². The highest BCUT2D eigenvalue weighted by molar-refractivity contribution is 5.85. The Kier molecular flexibility index (Phi) is 9.79. The molecule has 0 radical (unpaired) electrons. The molecule has 2 aliphatic rings. The van der Waals surface area contributed by atoms with E-state index in [0.29, 0.717) is 6.04 Å². The van der Waals surface area contributed by atoms with E-state index in [-0.39, 0.29) is 18.5 Å². The van der Waals surface area contributed by atoms with Crippen molar-refractivity contribution in [2.24, 2.45) is 0 Å². The molecule has 35 heavy (non-hydrogen) atoms. The summed E-state index contributed by atoms with van der Waals surface area (Å²) in [5, 5.41) is 0. The minimum absolute atomic E-state index is 0. The molecule has 0 saturated carbocycles. The van der Waals surface area contributed by atoms with Gasteiger partial charge in [0.2, 0.25) is 0 Å². The molecule has 2 unspecified atom stereocenters. The summed E-state index contributed by atoms with van der Waals surface area (Å²) in [6.45, 7) is 5.39. The zero-order chi connectivity index (χ0) is 23.0. The summed E-state index contributed by atoms with van der Waals surface area (Å²) in [5.74, 6) is 0. The van der Waals surface area contributed by atoms with Gasteiger partial charge in [0, 0.05) is 25.2 Å². The summed E-state index contributed by atoms with van der Waals surface area (Å²) in [5.41, 5.74) is 3.93. The largest absolute Gasteiger partial charge is 0.367 e. The number of rotatable bonds is 10. The topological polar surface area (TPSA) is 15.7 Å². The van der Waals surface area contributed by atoms with Gasteiger partial charge in [0.05, 0.1) is 6.61 Å². The molecule has 4 heteroatoms. The van der Waals surface area contributed by atoms with Crippen molar-refractivity contribution in [3.8, 4) is 0 Å². The molecular formula is C31H39ClN2O. The molecule has 0 N–H and O–H groups in total. The molecule has 3 nitrogen and oxygen atoms in total. The average molecular weight is 491 g/mol. The lowest BCUT2D eigenvalue weighted by Gasteiger charge is -2.29. The molecule has 3 aromatic rings. The molecule has 0 amide bonds. The molecule has 2 atom stereocenters. The van der Waals surface area contributed by atoms with Gasteiger partial charge in [0.1, 0.15) is 6.10 Å². The number of ether oxygens (including phenoxy) is 1. The fraction of sp³-hybridized carbons (Fsp3) is 0.419. The second-order valence-electron chi connectivity index (χ2n) is 9.87. The third kappa shape index (κ3) is 6.95. The third-order valence-electron chi connectivity index (χ3n) is 7.64. The van der Waals surface area contributed by atoms with Crippen LogP contribution in [0.3, 0.4) is 0 Å². The molecule has 0 spiro atoms. The SMILES string of the molecule is Cl.c1ccc(CCCN2C3CCC2CN(CCOC(c2ccccc2)c2ccccc2)CC3)cc1. The fourth-order valence-corrected chi connectivity index (χ4v) is 5.86. The van der Waals surface area contributed by atoms with Crippen LogP contribution < -0.4 is 0 Å². The van der Waals surface area contributed by atoms with Crippen LogP contribution in [0.4, 0.5) is 0 Å². The summed E-state index contributed by atoms with van der Waals surface area (Å²) in [6, 6.07) is 33.7. The normalized spacial score (nSPS) is 20.5. The van der Waals surface area contributed by atoms with E-state index in [2.05, 4.69) is 101 Å². The van der Waals surface area contributed by atoms with Gasteiger partial charge in [-0.2, -0.15) is 0 Å². The number of likely N-dealkylation sites (tertiary alicyclic amines) is 1. The lowest BCUT2D eigenvalue weighted by molar-refractivity contribution is 0.0575. The summed E-state index contributed by atoms with van der Waals surface area (Å²) in [6.07, 6.45) is 6.47. The Hall–Kier alpha value is -2.17. The standard InChI is InChI=1S/C31H38N2O.ClH/c1-4-11-26(12-5-1)13-10-21-33-29-18-19-30(33)25-32(22-20-29)23-24-34-31(27-14-6-2-7-15-27)28-16-8-3-9-17-28;/h1-9,11-12,14-17,29-31H,10,13,18-25H2;1H. The maximum Gasteiger partial charge on any atom is 0.108 e. The lowest BCUT2D eigenvalue weighted by Crippen LogP contribution is -2.40. The van der Waals surface area contributed by atoms with Crippen LogP contribution in [0.15, 0.2) is 91.0 Å². The molecule has 0 aromatic heterocycles. The molecule has 0 aliphatic carbocycles. The Balaban J connectivity index is 0.00000289. The van der Waals surface area contributed by atoms with Crippen LogP contribution in [0.1, 0.15) is 48.5 Å². The number of benzene rings is 3. The summed E-state index contributed by atoms with van der Waals surface area (Å²) in [4.78, 5) is 5.49. The van der Waals surface area contributed by atoms with Gasteiger partial charge >= 0.3 is 0 Å². The van der Waals surface area contributed by atoms with Crippen molar-refractivity contribution in [1.29, 1.82) is 0 Å². The van der Waals surface area contributed by atoms with Crippen molar-refractivity contribution in [2.75, 3.05) is 32.8 Å². The van der Waals surface area contributed by atoms with Crippen LogP contribution >= 0.6 is 12.4 Å². The van der Waals surface area contributed by atoms with E-state index in [1.165, 1.54) is 68.4 Å². The summed E-state index contributed by atoms with van der Waals surface area (Å²) >= 11 is 0. The van der Waals surface area contributed by atoms with Crippen LogP contribution in [-0.2, 0) is 11.2 Å². The zero-order valence-electron chi connectivity index (χ0n) is 20.7. The summed E-state index contributed by atoms with van der Waals surface area (Å²) < 4.78 is 6.52. The molecule has 2 fully saturated rings. The van der Waals surface area contributed by atoms with Crippen LogP contribution in [0.2, 0.25) is 0 Å². The molecule has 3 aromatic carbocycles. The van der Waals surface area contributed by atoms with E-state index in [1.807, 2.05) is 0 Å². The quantitative estimate of drug-likeness (QED) is 0.327. The highest BCUT2D eigenvalue weighted by Crippen LogP contribution is 2.31. The number of hydrogen-bond donors (Lipinski definition) is 0. The Morgan fingerprint density at radius 3 is 1.97 bits per heavy atom. The molecule has 2 bridgehead atoms. The third-order valence-corrected chi connectivity index (χ3v) is 7.64. The van der Waals surface area contributed by atoms with Crippen LogP contribution in [0.25, 0.3) is 0 Å². The van der Waals surface area contributed by atoms with Crippen molar-refractivity contribution in [1.82, 2.24) is 9.80 Å². The summed E-state index contributed by atoms with van der Waals surface area (Å²) in [7, 11) is 0. The van der Waals surface area contributed by atoms with Gasteiger partial charge in [-0.05, 0) is 61.9 Å². The first-order chi connectivity index (χ1) is 16.9. The van der Waals surface area contributed by atoms with Gasteiger partial charge in [-0.3, -0.25) is 9.80 Å². The molecule has 186 valence electrons. The Morgan fingerprint density at radius 2 is 1.31 bits per heavy atom. The minimum Gasteiger partial charge on any atom is -0.367 e. The molecule has 5 rings (SSSR count). The Bertz CT molecular complexity index is 945. The molecular weight excluding hydrogens is 452 g/mol. The molecule has 2 saturated heterocycles. The highest BCUT2D eigenvalue weighted by Gasteiger charge is 2.36. The number of fused-ring (bicyclic) bond motifs is 2. The monoisotopic (exact) mass is 490 g/mol. The number of hydrogen-bond acceptors (Lipinski definition) is 3. The molecule has 2 heterocycles. The van der Waals surface area contributed by atoms with Gasteiger partial charge in [0.25, 0.3) is 0 Å². The van der Waals surface area contributed by atoms with Crippen LogP contribution in [0, 0.1) is 0 Å². The first-order valence-electron chi connectivity index (χ1n) is 13.1. The first-order valence-corrected chi connectivity index (χ1v) is 13.1. The second kappa shape index (κ2) is 13.2. The van der Waals surface area contributed by atoms with E-state index in [1.54, 1.807) is 0 Å². The van der Waals surface area contributed by atoms with Gasteiger partial charge < -0.3 is 4.74 Å². The van der Waals surface area contributed by atoms with Gasteiger partial charge in [-0.25, -0.2) is 0 Å². The zero-order valence-corrected chi connectivity index (χ0v) is 21.5. The average Bonchev–Trinajstić information content (AvgIpc) is 3.18.